The predicted octanol–water partition coefficient (Wildman–Crippen LogP) is 0.622. The Labute approximate surface area is 115 Å². The molecule has 0 atom stereocenters. The third kappa shape index (κ3) is 2.66. The van der Waals surface area contributed by atoms with Gasteiger partial charge in [-0.15, -0.1) is 17.0 Å². The molecule has 18 heavy (non-hydrogen) atoms. The maximum absolute atomic E-state index is 9.49. The second-order valence-electron chi connectivity index (χ2n) is 4.08. The van der Waals surface area contributed by atoms with Crippen molar-refractivity contribution in [2.75, 3.05) is 19.8 Å². The molecule has 0 aromatic heterocycles. The number of phenols is 2. The summed E-state index contributed by atoms with van der Waals surface area (Å²) in [6.45, 7) is 0.163. The van der Waals surface area contributed by atoms with E-state index in [4.69, 9.17) is 0 Å². The number of aliphatic imine (C=N–C) groups is 1. The minimum Gasteiger partial charge on any atom is -0.504 e. The van der Waals surface area contributed by atoms with Gasteiger partial charge in [-0.25, -0.2) is 0 Å². The summed E-state index contributed by atoms with van der Waals surface area (Å²) in [5.74, 6) is -0.819. The minimum atomic E-state index is -0.446. The molecule has 1 aromatic carbocycles. The van der Waals surface area contributed by atoms with Gasteiger partial charge in [0.1, 0.15) is 0 Å². The zero-order valence-corrected chi connectivity index (χ0v) is 11.4. The molecule has 6 heteroatoms. The maximum atomic E-state index is 9.49. The van der Waals surface area contributed by atoms with E-state index in [0.29, 0.717) is 24.2 Å². The first-order chi connectivity index (χ1) is 8.17. The lowest BCUT2D eigenvalue weighted by Crippen LogP contribution is -2.27. The second kappa shape index (κ2) is 6.17. The summed E-state index contributed by atoms with van der Waals surface area (Å²) in [6.07, 6.45) is 0.677. The average Bonchev–Trinajstić information content (AvgIpc) is 2.33. The third-order valence-electron chi connectivity index (χ3n) is 2.97. The summed E-state index contributed by atoms with van der Waals surface area (Å²) in [7, 11) is 0. The van der Waals surface area contributed by atoms with Crippen molar-refractivity contribution in [2.24, 2.45) is 10.9 Å². The molecule has 1 aliphatic heterocycles. The van der Waals surface area contributed by atoms with Crippen LogP contribution in [0, 0.1) is 5.92 Å². The highest BCUT2D eigenvalue weighted by molar-refractivity contribution is 8.93. The molecule has 100 valence electrons. The Bertz CT molecular complexity index is 458. The van der Waals surface area contributed by atoms with Gasteiger partial charge >= 0.3 is 0 Å². The van der Waals surface area contributed by atoms with Crippen LogP contribution in [0.15, 0.2) is 17.1 Å². The van der Waals surface area contributed by atoms with E-state index in [1.54, 1.807) is 0 Å². The predicted molar refractivity (Wildman–Crippen MR) is 72.9 cm³/mol. The van der Waals surface area contributed by atoms with Crippen LogP contribution in [0.2, 0.25) is 0 Å². The quantitative estimate of drug-likeness (QED) is 0.615. The molecule has 0 spiro atoms. The van der Waals surface area contributed by atoms with E-state index in [1.807, 2.05) is 0 Å². The smallest absolute Gasteiger partial charge is 0.158 e. The van der Waals surface area contributed by atoms with Gasteiger partial charge in [0.15, 0.2) is 11.5 Å². The van der Waals surface area contributed by atoms with Crippen LogP contribution in [0.4, 0.5) is 0 Å². The lowest BCUT2D eigenvalue weighted by molar-refractivity contribution is 0.187. The topological polar surface area (TPSA) is 93.3 Å². The molecule has 0 bridgehead atoms. The third-order valence-corrected chi connectivity index (χ3v) is 2.97. The van der Waals surface area contributed by atoms with Crippen molar-refractivity contribution >= 4 is 22.7 Å². The van der Waals surface area contributed by atoms with Gasteiger partial charge in [0.05, 0.1) is 18.9 Å². The molecule has 1 heterocycles. The van der Waals surface area contributed by atoms with Crippen molar-refractivity contribution in [1.29, 1.82) is 0 Å². The molecule has 5 nitrogen and oxygen atoms in total. The SMILES string of the molecule is Br.OCC(CO)C1=NCCc2cc(O)c(O)cc21. The van der Waals surface area contributed by atoms with Gasteiger partial charge in [-0.05, 0) is 24.1 Å². The molecule has 4 N–H and O–H groups in total. The van der Waals surface area contributed by atoms with Gasteiger partial charge in [-0.1, -0.05) is 0 Å². The number of fused-ring (bicyclic) bond motifs is 1. The highest BCUT2D eigenvalue weighted by atomic mass is 79.9. The number of phenolic OH excluding ortho intramolecular Hbond substituents is 2. The van der Waals surface area contributed by atoms with Crippen LogP contribution in [-0.4, -0.2) is 45.9 Å². The van der Waals surface area contributed by atoms with E-state index in [2.05, 4.69) is 4.99 Å². The Hall–Kier alpha value is -1.11. The molecule has 0 fully saturated rings. The zero-order valence-electron chi connectivity index (χ0n) is 9.70. The summed E-state index contributed by atoms with van der Waals surface area (Å²) in [5, 5.41) is 37.3. The fraction of sp³-hybridized carbons (Fsp3) is 0.417. The van der Waals surface area contributed by atoms with E-state index < -0.39 is 5.92 Å². The van der Waals surface area contributed by atoms with E-state index >= 15 is 0 Å². The largest absolute Gasteiger partial charge is 0.504 e. The molecule has 0 amide bonds. The lowest BCUT2D eigenvalue weighted by atomic mass is 9.90. The summed E-state index contributed by atoms with van der Waals surface area (Å²) in [6, 6.07) is 2.94. The maximum Gasteiger partial charge on any atom is 0.158 e. The number of aliphatic hydroxyl groups excluding tert-OH is 2. The van der Waals surface area contributed by atoms with Crippen molar-refractivity contribution < 1.29 is 20.4 Å². The highest BCUT2D eigenvalue weighted by Crippen LogP contribution is 2.31. The zero-order chi connectivity index (χ0) is 12.4. The first-order valence-corrected chi connectivity index (χ1v) is 5.48. The summed E-state index contributed by atoms with van der Waals surface area (Å²) in [4.78, 5) is 4.29. The van der Waals surface area contributed by atoms with Crippen LogP contribution in [-0.2, 0) is 6.42 Å². The number of aliphatic hydroxyl groups is 2. The minimum absolute atomic E-state index is 0. The summed E-state index contributed by atoms with van der Waals surface area (Å²) < 4.78 is 0. The van der Waals surface area contributed by atoms with Crippen LogP contribution in [0.25, 0.3) is 0 Å². The number of hydrogen-bond donors (Lipinski definition) is 4. The molecule has 0 unspecified atom stereocenters. The number of halogens is 1. The van der Waals surface area contributed by atoms with Gasteiger partial charge in [-0.3, -0.25) is 4.99 Å². The Balaban J connectivity index is 0.00000162. The van der Waals surface area contributed by atoms with E-state index in [9.17, 15) is 20.4 Å². The van der Waals surface area contributed by atoms with Crippen molar-refractivity contribution in [3.05, 3.63) is 23.3 Å². The number of nitrogens with zero attached hydrogens (tertiary/aromatic N) is 1. The van der Waals surface area contributed by atoms with Crippen molar-refractivity contribution in [1.82, 2.24) is 0 Å². The van der Waals surface area contributed by atoms with Gasteiger partial charge in [0.2, 0.25) is 0 Å². The Morgan fingerprint density at radius 2 is 1.72 bits per heavy atom. The fourth-order valence-corrected chi connectivity index (χ4v) is 2.03. The molecule has 0 saturated carbocycles. The first-order valence-electron chi connectivity index (χ1n) is 5.48. The van der Waals surface area contributed by atoms with Crippen LogP contribution in [0.3, 0.4) is 0 Å². The first kappa shape index (κ1) is 14.9. The van der Waals surface area contributed by atoms with E-state index in [0.717, 1.165) is 5.56 Å². The van der Waals surface area contributed by atoms with Gasteiger partial charge in [0, 0.05) is 18.0 Å². The van der Waals surface area contributed by atoms with Crippen LogP contribution < -0.4 is 0 Å². The fourth-order valence-electron chi connectivity index (χ4n) is 2.03. The van der Waals surface area contributed by atoms with Crippen LogP contribution >= 0.6 is 17.0 Å². The van der Waals surface area contributed by atoms with Gasteiger partial charge < -0.3 is 20.4 Å². The van der Waals surface area contributed by atoms with Gasteiger partial charge in [0.25, 0.3) is 0 Å². The highest BCUT2D eigenvalue weighted by Gasteiger charge is 2.23. The summed E-state index contributed by atoms with van der Waals surface area (Å²) >= 11 is 0. The molecule has 1 aromatic rings. The van der Waals surface area contributed by atoms with E-state index in [-0.39, 0.29) is 41.7 Å². The van der Waals surface area contributed by atoms with Crippen molar-refractivity contribution in [3.63, 3.8) is 0 Å². The van der Waals surface area contributed by atoms with Crippen LogP contribution in [0.5, 0.6) is 11.5 Å². The normalized spacial score (nSPS) is 13.8. The second-order valence-corrected chi connectivity index (χ2v) is 4.08. The Morgan fingerprint density at radius 1 is 1.11 bits per heavy atom. The number of rotatable bonds is 3. The lowest BCUT2D eigenvalue weighted by Gasteiger charge is -2.22. The van der Waals surface area contributed by atoms with Crippen molar-refractivity contribution in [2.45, 2.75) is 6.42 Å². The molecular weight excluding hydrogens is 302 g/mol. The average molecular weight is 318 g/mol. The molecule has 2 rings (SSSR count). The van der Waals surface area contributed by atoms with Crippen LogP contribution in [0.1, 0.15) is 11.1 Å². The Kier molecular flexibility index (Phi) is 5.13. The Morgan fingerprint density at radius 3 is 2.33 bits per heavy atom. The molecule has 1 aliphatic rings. The molecule has 0 saturated heterocycles. The molecule has 0 aliphatic carbocycles. The number of aromatic hydroxyl groups is 2. The molecular formula is C12H16BrNO4. The number of hydrogen-bond acceptors (Lipinski definition) is 5. The monoisotopic (exact) mass is 317 g/mol. The van der Waals surface area contributed by atoms with Gasteiger partial charge in [-0.2, -0.15) is 0 Å². The van der Waals surface area contributed by atoms with Crippen molar-refractivity contribution in [3.8, 4) is 11.5 Å². The van der Waals surface area contributed by atoms with E-state index in [1.165, 1.54) is 12.1 Å². The summed E-state index contributed by atoms with van der Waals surface area (Å²) in [5.41, 5.74) is 2.16. The molecule has 0 radical (unpaired) electrons. The number of benzene rings is 1. The standard InChI is InChI=1S/C12H15NO4.BrH/c14-5-8(6-15)12-9-4-11(17)10(16)3-7(9)1-2-13-12;/h3-4,8,14-17H,1-2,5-6H2;1H.